The van der Waals surface area contributed by atoms with Gasteiger partial charge in [0.1, 0.15) is 22.1 Å². The van der Waals surface area contributed by atoms with Gasteiger partial charge in [0, 0.05) is 10.4 Å². The summed E-state index contributed by atoms with van der Waals surface area (Å²) in [5, 5.41) is 0.805. The molecule has 1 aromatic carbocycles. The largest absolute Gasteiger partial charge is 0.462 e. The Morgan fingerprint density at radius 1 is 1.08 bits per heavy atom. The molecule has 0 aliphatic rings. The second-order valence-corrected chi connectivity index (χ2v) is 6.67. The van der Waals surface area contributed by atoms with Crippen molar-refractivity contribution in [3.05, 3.63) is 58.6 Å². The maximum Gasteiger partial charge on any atom is 0.340 e. The van der Waals surface area contributed by atoms with E-state index >= 15 is 0 Å². The topological polar surface area (TPSA) is 95.2 Å². The lowest BCUT2D eigenvalue weighted by Crippen LogP contribution is -2.16. The summed E-state index contributed by atoms with van der Waals surface area (Å²) in [5.74, 6) is -1.18. The SMILES string of the molecule is CCOC(=O)c1ccc(C(N)=O)nc1-c1nc(-c2ccccc2)sc1C. The number of carbonyl (C=O) groups is 2. The number of benzene rings is 1. The third-order valence-corrected chi connectivity index (χ3v) is 4.70. The lowest BCUT2D eigenvalue weighted by Gasteiger charge is -2.08. The first-order valence-corrected chi connectivity index (χ1v) is 8.84. The molecular formula is C19H17N3O3S. The highest BCUT2D eigenvalue weighted by Crippen LogP contribution is 2.34. The number of pyridine rings is 1. The van der Waals surface area contributed by atoms with Gasteiger partial charge in [-0.1, -0.05) is 30.3 Å². The van der Waals surface area contributed by atoms with Gasteiger partial charge in [-0.2, -0.15) is 0 Å². The van der Waals surface area contributed by atoms with Crippen LogP contribution >= 0.6 is 11.3 Å². The number of nitrogens with two attached hydrogens (primary N) is 1. The summed E-state index contributed by atoms with van der Waals surface area (Å²) >= 11 is 1.49. The molecule has 0 saturated carbocycles. The maximum atomic E-state index is 12.3. The zero-order valence-corrected chi connectivity index (χ0v) is 15.2. The number of hydrogen-bond acceptors (Lipinski definition) is 6. The Labute approximate surface area is 154 Å². The number of carbonyl (C=O) groups excluding carboxylic acids is 2. The monoisotopic (exact) mass is 367 g/mol. The van der Waals surface area contributed by atoms with Gasteiger partial charge >= 0.3 is 5.97 Å². The Morgan fingerprint density at radius 2 is 1.81 bits per heavy atom. The van der Waals surface area contributed by atoms with Crippen LogP contribution in [-0.2, 0) is 4.74 Å². The molecular weight excluding hydrogens is 350 g/mol. The van der Waals surface area contributed by atoms with Gasteiger partial charge in [-0.15, -0.1) is 11.3 Å². The summed E-state index contributed by atoms with van der Waals surface area (Å²) in [4.78, 5) is 33.6. The molecule has 3 aromatic rings. The fourth-order valence-electron chi connectivity index (χ4n) is 2.47. The van der Waals surface area contributed by atoms with Gasteiger partial charge in [-0.25, -0.2) is 14.8 Å². The Kier molecular flexibility index (Phi) is 5.09. The van der Waals surface area contributed by atoms with Crippen molar-refractivity contribution in [1.82, 2.24) is 9.97 Å². The van der Waals surface area contributed by atoms with Crippen LogP contribution < -0.4 is 5.73 Å². The first kappa shape index (κ1) is 17.8. The molecule has 132 valence electrons. The molecule has 0 spiro atoms. The molecule has 1 amide bonds. The molecule has 7 heteroatoms. The van der Waals surface area contributed by atoms with Crippen molar-refractivity contribution < 1.29 is 14.3 Å². The summed E-state index contributed by atoms with van der Waals surface area (Å²) < 4.78 is 5.10. The molecule has 6 nitrogen and oxygen atoms in total. The lowest BCUT2D eigenvalue weighted by molar-refractivity contribution is 0.0526. The molecule has 2 N–H and O–H groups in total. The molecule has 0 aliphatic carbocycles. The number of ether oxygens (including phenoxy) is 1. The van der Waals surface area contributed by atoms with Gasteiger partial charge in [-0.05, 0) is 26.0 Å². The summed E-state index contributed by atoms with van der Waals surface area (Å²) in [6.45, 7) is 3.86. The van der Waals surface area contributed by atoms with Crippen molar-refractivity contribution in [1.29, 1.82) is 0 Å². The van der Waals surface area contributed by atoms with Gasteiger partial charge in [-0.3, -0.25) is 4.79 Å². The van der Waals surface area contributed by atoms with Gasteiger partial charge in [0.2, 0.25) is 0 Å². The summed E-state index contributed by atoms with van der Waals surface area (Å²) in [6.07, 6.45) is 0. The van der Waals surface area contributed by atoms with Crippen molar-refractivity contribution in [2.24, 2.45) is 5.73 Å². The number of esters is 1. The minimum atomic E-state index is -0.669. The van der Waals surface area contributed by atoms with Gasteiger partial charge in [0.05, 0.1) is 12.2 Å². The molecule has 0 atom stereocenters. The minimum absolute atomic E-state index is 0.0710. The van der Waals surface area contributed by atoms with Crippen LogP contribution in [0.1, 0.15) is 32.6 Å². The number of aromatic nitrogens is 2. The standard InChI is InChI=1S/C19H17N3O3S/c1-3-25-19(24)13-9-10-14(17(20)23)21-16(13)15-11(2)26-18(22-15)12-7-5-4-6-8-12/h4-10H,3H2,1-2H3,(H2,20,23). The van der Waals surface area contributed by atoms with E-state index in [2.05, 4.69) is 9.97 Å². The summed E-state index contributed by atoms with van der Waals surface area (Å²) in [5.41, 5.74) is 7.48. The maximum absolute atomic E-state index is 12.3. The van der Waals surface area contributed by atoms with Gasteiger partial charge < -0.3 is 10.5 Å². The summed E-state index contributed by atoms with van der Waals surface area (Å²) in [7, 11) is 0. The van der Waals surface area contributed by atoms with Crippen LogP contribution in [0, 0.1) is 6.92 Å². The Hall–Kier alpha value is -3.06. The highest BCUT2D eigenvalue weighted by Gasteiger charge is 2.22. The van der Waals surface area contributed by atoms with E-state index in [9.17, 15) is 9.59 Å². The average molecular weight is 367 g/mol. The highest BCUT2D eigenvalue weighted by molar-refractivity contribution is 7.15. The summed E-state index contributed by atoms with van der Waals surface area (Å²) in [6, 6.07) is 12.6. The first-order valence-electron chi connectivity index (χ1n) is 8.02. The zero-order valence-electron chi connectivity index (χ0n) is 14.4. The third kappa shape index (κ3) is 3.48. The van der Waals surface area contributed by atoms with E-state index in [0.717, 1.165) is 15.4 Å². The number of rotatable bonds is 5. The number of hydrogen-bond donors (Lipinski definition) is 1. The van der Waals surface area contributed by atoms with Crippen molar-refractivity contribution in [2.45, 2.75) is 13.8 Å². The van der Waals surface area contributed by atoms with Crippen LogP contribution in [0.3, 0.4) is 0 Å². The van der Waals surface area contributed by atoms with Crippen LogP contribution in [-0.4, -0.2) is 28.5 Å². The van der Waals surface area contributed by atoms with E-state index in [-0.39, 0.29) is 17.9 Å². The Morgan fingerprint density at radius 3 is 2.46 bits per heavy atom. The smallest absolute Gasteiger partial charge is 0.340 e. The molecule has 0 bridgehead atoms. The van der Waals surface area contributed by atoms with Crippen molar-refractivity contribution in [3.63, 3.8) is 0 Å². The van der Waals surface area contributed by atoms with Crippen LogP contribution in [0.5, 0.6) is 0 Å². The molecule has 0 aliphatic heterocycles. The third-order valence-electron chi connectivity index (χ3n) is 3.68. The number of thiazole rings is 1. The van der Waals surface area contributed by atoms with E-state index in [1.807, 2.05) is 37.3 Å². The average Bonchev–Trinajstić information content (AvgIpc) is 3.03. The molecule has 2 heterocycles. The van der Waals surface area contributed by atoms with Crippen molar-refractivity contribution >= 4 is 23.2 Å². The van der Waals surface area contributed by atoms with Crippen molar-refractivity contribution in [2.75, 3.05) is 6.61 Å². The molecule has 2 aromatic heterocycles. The predicted octanol–water partition coefficient (Wildman–Crippen LogP) is 3.46. The van der Waals surface area contributed by atoms with Gasteiger partial charge in [0.15, 0.2) is 0 Å². The molecule has 26 heavy (non-hydrogen) atoms. The normalized spacial score (nSPS) is 10.5. The predicted molar refractivity (Wildman–Crippen MR) is 100.0 cm³/mol. The van der Waals surface area contributed by atoms with E-state index in [1.54, 1.807) is 6.92 Å². The lowest BCUT2D eigenvalue weighted by atomic mass is 10.1. The van der Waals surface area contributed by atoms with Crippen LogP contribution in [0.25, 0.3) is 22.0 Å². The van der Waals surface area contributed by atoms with E-state index in [1.165, 1.54) is 23.5 Å². The zero-order chi connectivity index (χ0) is 18.7. The van der Waals surface area contributed by atoms with Crippen molar-refractivity contribution in [3.8, 4) is 22.0 Å². The molecule has 0 radical (unpaired) electrons. The van der Waals surface area contributed by atoms with E-state index in [4.69, 9.17) is 10.5 Å². The number of primary amides is 1. The second-order valence-electron chi connectivity index (χ2n) is 5.47. The van der Waals surface area contributed by atoms with E-state index in [0.29, 0.717) is 11.4 Å². The fourth-order valence-corrected chi connectivity index (χ4v) is 3.39. The van der Waals surface area contributed by atoms with Crippen LogP contribution in [0.15, 0.2) is 42.5 Å². The molecule has 0 saturated heterocycles. The second kappa shape index (κ2) is 7.45. The highest BCUT2D eigenvalue weighted by atomic mass is 32.1. The van der Waals surface area contributed by atoms with Crippen LogP contribution in [0.4, 0.5) is 0 Å². The molecule has 3 rings (SSSR count). The van der Waals surface area contributed by atoms with E-state index < -0.39 is 11.9 Å². The molecule has 0 unspecified atom stereocenters. The van der Waals surface area contributed by atoms with Crippen LogP contribution in [0.2, 0.25) is 0 Å². The molecule has 0 fully saturated rings. The minimum Gasteiger partial charge on any atom is -0.462 e. The Bertz CT molecular complexity index is 967. The number of nitrogens with zero attached hydrogens (tertiary/aromatic N) is 2. The quantitative estimate of drug-likeness (QED) is 0.697. The fraction of sp³-hybridized carbons (Fsp3) is 0.158. The Balaban J connectivity index is 2.15. The first-order chi connectivity index (χ1) is 12.5. The number of amides is 1. The van der Waals surface area contributed by atoms with Gasteiger partial charge in [0.25, 0.3) is 5.91 Å². The number of aryl methyl sites for hydroxylation is 1.